The van der Waals surface area contributed by atoms with Crippen LogP contribution in [0.4, 0.5) is 5.88 Å². The highest BCUT2D eigenvalue weighted by atomic mass is 16.5. The fraction of sp³-hybridized carbons (Fsp3) is 0.438. The van der Waals surface area contributed by atoms with Gasteiger partial charge in [-0.25, -0.2) is 0 Å². The van der Waals surface area contributed by atoms with Crippen molar-refractivity contribution in [1.82, 2.24) is 5.16 Å². The molecule has 0 atom stereocenters. The Morgan fingerprint density at radius 3 is 2.65 bits per heavy atom. The van der Waals surface area contributed by atoms with E-state index < -0.39 is 0 Å². The number of hydrogen-bond acceptors (Lipinski definition) is 4. The van der Waals surface area contributed by atoms with Crippen molar-refractivity contribution < 1.29 is 9.26 Å². The van der Waals surface area contributed by atoms with Gasteiger partial charge in [-0.05, 0) is 42.5 Å². The van der Waals surface area contributed by atoms with Crippen LogP contribution in [-0.2, 0) is 0 Å². The summed E-state index contributed by atoms with van der Waals surface area (Å²) in [5.41, 5.74) is 8.70. The van der Waals surface area contributed by atoms with Gasteiger partial charge in [0.25, 0.3) is 0 Å². The Morgan fingerprint density at radius 2 is 2.00 bits per heavy atom. The molecule has 3 rings (SSSR count). The number of aromatic nitrogens is 1. The number of nitrogen functional groups attached to an aromatic ring is 1. The molecule has 1 aromatic carbocycles. The smallest absolute Gasteiger partial charge is 0.222 e. The summed E-state index contributed by atoms with van der Waals surface area (Å²) in [6.07, 6.45) is 6.42. The molecule has 2 aromatic rings. The first-order chi connectivity index (χ1) is 9.78. The lowest BCUT2D eigenvalue weighted by Gasteiger charge is -2.24. The van der Waals surface area contributed by atoms with Crippen LogP contribution in [0.3, 0.4) is 0 Å². The molecule has 0 spiro atoms. The number of ether oxygens (including phenoxy) is 1. The number of methoxy groups -OCH3 is 1. The van der Waals surface area contributed by atoms with E-state index in [9.17, 15) is 0 Å². The van der Waals surface area contributed by atoms with E-state index in [2.05, 4.69) is 11.2 Å². The summed E-state index contributed by atoms with van der Waals surface area (Å²) >= 11 is 0. The van der Waals surface area contributed by atoms with E-state index in [0.717, 1.165) is 17.0 Å². The Labute approximate surface area is 118 Å². The van der Waals surface area contributed by atoms with Gasteiger partial charge < -0.3 is 15.0 Å². The van der Waals surface area contributed by atoms with Crippen molar-refractivity contribution in [2.45, 2.75) is 38.0 Å². The number of nitrogens with zero attached hydrogens (tertiary/aromatic N) is 1. The number of benzene rings is 1. The predicted octanol–water partition coefficient (Wildman–Crippen LogP) is 3.98. The van der Waals surface area contributed by atoms with E-state index in [1.165, 1.54) is 37.7 Å². The Kier molecular flexibility index (Phi) is 3.63. The number of rotatable bonds is 3. The zero-order valence-electron chi connectivity index (χ0n) is 11.8. The number of hydrogen-bond donors (Lipinski definition) is 1. The van der Waals surface area contributed by atoms with Gasteiger partial charge in [0.05, 0.1) is 7.11 Å². The van der Waals surface area contributed by atoms with Crippen molar-refractivity contribution in [3.63, 3.8) is 0 Å². The van der Waals surface area contributed by atoms with Crippen LogP contribution in [0.1, 0.15) is 43.6 Å². The van der Waals surface area contributed by atoms with E-state index in [1.54, 1.807) is 13.2 Å². The van der Waals surface area contributed by atoms with Crippen molar-refractivity contribution in [2.75, 3.05) is 12.8 Å². The van der Waals surface area contributed by atoms with Gasteiger partial charge in [0.2, 0.25) is 5.88 Å². The van der Waals surface area contributed by atoms with Crippen LogP contribution in [0.2, 0.25) is 0 Å². The maximum Gasteiger partial charge on any atom is 0.222 e. The minimum Gasteiger partial charge on any atom is -0.496 e. The quantitative estimate of drug-likeness (QED) is 0.918. The molecule has 0 bridgehead atoms. The van der Waals surface area contributed by atoms with Crippen LogP contribution in [0.25, 0.3) is 11.3 Å². The fourth-order valence-electron chi connectivity index (χ4n) is 3.05. The van der Waals surface area contributed by atoms with Crippen LogP contribution in [0.5, 0.6) is 5.75 Å². The molecule has 4 nitrogen and oxygen atoms in total. The van der Waals surface area contributed by atoms with Crippen molar-refractivity contribution in [3.05, 3.63) is 29.8 Å². The molecule has 1 saturated carbocycles. The Hall–Kier alpha value is -1.97. The molecule has 0 saturated heterocycles. The fourth-order valence-corrected chi connectivity index (χ4v) is 3.05. The minimum absolute atomic E-state index is 0.343. The summed E-state index contributed by atoms with van der Waals surface area (Å²) in [5.74, 6) is 1.90. The standard InChI is InChI=1S/C16H20N2O2/c1-19-15-8-7-12(14-10-16(17)20-18-14)9-13(15)11-5-3-2-4-6-11/h7-11H,2-6,17H2,1H3. The summed E-state index contributed by atoms with van der Waals surface area (Å²) < 4.78 is 10.5. The lowest BCUT2D eigenvalue weighted by molar-refractivity contribution is 0.387. The molecule has 0 unspecified atom stereocenters. The second kappa shape index (κ2) is 5.57. The van der Waals surface area contributed by atoms with Gasteiger partial charge in [0.1, 0.15) is 11.4 Å². The van der Waals surface area contributed by atoms with E-state index in [-0.39, 0.29) is 0 Å². The van der Waals surface area contributed by atoms with E-state index in [0.29, 0.717) is 11.8 Å². The van der Waals surface area contributed by atoms with Gasteiger partial charge in [-0.1, -0.05) is 24.4 Å². The Balaban J connectivity index is 1.97. The average Bonchev–Trinajstić information content (AvgIpc) is 2.94. The van der Waals surface area contributed by atoms with Gasteiger partial charge >= 0.3 is 0 Å². The van der Waals surface area contributed by atoms with E-state index in [4.69, 9.17) is 15.0 Å². The lowest BCUT2D eigenvalue weighted by atomic mass is 9.83. The zero-order valence-corrected chi connectivity index (χ0v) is 11.8. The molecule has 1 aromatic heterocycles. The summed E-state index contributed by atoms with van der Waals surface area (Å²) in [7, 11) is 1.73. The van der Waals surface area contributed by atoms with Crippen molar-refractivity contribution in [1.29, 1.82) is 0 Å². The molecule has 1 aliphatic rings. The molecule has 106 valence electrons. The van der Waals surface area contributed by atoms with Gasteiger partial charge in [-0.2, -0.15) is 0 Å². The zero-order chi connectivity index (χ0) is 13.9. The maximum absolute atomic E-state index is 5.60. The largest absolute Gasteiger partial charge is 0.496 e. The lowest BCUT2D eigenvalue weighted by Crippen LogP contribution is -2.06. The van der Waals surface area contributed by atoms with Crippen molar-refractivity contribution >= 4 is 5.88 Å². The first-order valence-electron chi connectivity index (χ1n) is 7.18. The van der Waals surface area contributed by atoms with Crippen molar-refractivity contribution in [2.24, 2.45) is 0 Å². The van der Waals surface area contributed by atoms with Crippen LogP contribution in [0, 0.1) is 0 Å². The van der Waals surface area contributed by atoms with Gasteiger partial charge in [0.15, 0.2) is 0 Å². The Morgan fingerprint density at radius 1 is 1.20 bits per heavy atom. The molecule has 1 fully saturated rings. The van der Waals surface area contributed by atoms with Crippen molar-refractivity contribution in [3.8, 4) is 17.0 Å². The molecule has 0 radical (unpaired) electrons. The highest BCUT2D eigenvalue weighted by Gasteiger charge is 2.20. The SMILES string of the molecule is COc1ccc(-c2cc(N)on2)cc1C1CCCCC1. The molecule has 4 heteroatoms. The summed E-state index contributed by atoms with van der Waals surface area (Å²) in [5, 5.41) is 3.99. The third-order valence-corrected chi connectivity index (χ3v) is 4.10. The van der Waals surface area contributed by atoms with E-state index in [1.807, 2.05) is 12.1 Å². The molecule has 0 amide bonds. The number of anilines is 1. The molecule has 20 heavy (non-hydrogen) atoms. The predicted molar refractivity (Wildman–Crippen MR) is 78.7 cm³/mol. The van der Waals surface area contributed by atoms with Crippen LogP contribution >= 0.6 is 0 Å². The van der Waals surface area contributed by atoms with Gasteiger partial charge in [0, 0.05) is 11.6 Å². The van der Waals surface area contributed by atoms with Gasteiger partial charge in [-0.15, -0.1) is 0 Å². The first-order valence-corrected chi connectivity index (χ1v) is 7.18. The van der Waals surface area contributed by atoms with Gasteiger partial charge in [-0.3, -0.25) is 0 Å². The van der Waals surface area contributed by atoms with Crippen LogP contribution in [0.15, 0.2) is 28.8 Å². The number of nitrogens with two attached hydrogens (primary N) is 1. The molecule has 1 aliphatic carbocycles. The summed E-state index contributed by atoms with van der Waals surface area (Å²) in [4.78, 5) is 0. The normalized spacial score (nSPS) is 16.2. The highest BCUT2D eigenvalue weighted by molar-refractivity contribution is 5.64. The van der Waals surface area contributed by atoms with Crippen LogP contribution in [-0.4, -0.2) is 12.3 Å². The van der Waals surface area contributed by atoms with Crippen LogP contribution < -0.4 is 10.5 Å². The first kappa shape index (κ1) is 13.0. The molecular formula is C16H20N2O2. The molecular weight excluding hydrogens is 252 g/mol. The topological polar surface area (TPSA) is 61.3 Å². The average molecular weight is 272 g/mol. The molecule has 1 heterocycles. The van der Waals surface area contributed by atoms with E-state index >= 15 is 0 Å². The third kappa shape index (κ3) is 2.50. The molecule has 0 aliphatic heterocycles. The second-order valence-electron chi connectivity index (χ2n) is 5.41. The molecule has 2 N–H and O–H groups in total. The third-order valence-electron chi connectivity index (χ3n) is 4.10. The monoisotopic (exact) mass is 272 g/mol. The maximum atomic E-state index is 5.60. The summed E-state index contributed by atoms with van der Waals surface area (Å²) in [6.45, 7) is 0. The Bertz CT molecular complexity index is 586. The summed E-state index contributed by atoms with van der Waals surface area (Å²) in [6, 6.07) is 7.95. The minimum atomic E-state index is 0.343. The highest BCUT2D eigenvalue weighted by Crippen LogP contribution is 2.39. The second-order valence-corrected chi connectivity index (χ2v) is 5.41.